The molecular formula is C6H11NO3S. The summed E-state index contributed by atoms with van der Waals surface area (Å²) < 4.78 is 0. The maximum absolute atomic E-state index is 10.6. The van der Waals surface area contributed by atoms with E-state index in [4.69, 9.17) is 10.8 Å². The van der Waals surface area contributed by atoms with Crippen LogP contribution in [0.1, 0.15) is 13.3 Å². The Morgan fingerprint density at radius 3 is 2.45 bits per heavy atom. The first-order chi connectivity index (χ1) is 5.07. The molecule has 0 bridgehead atoms. The second-order valence-electron chi connectivity index (χ2n) is 2.00. The van der Waals surface area contributed by atoms with Crippen molar-refractivity contribution in [3.63, 3.8) is 0 Å². The number of amides is 1. The zero-order valence-electron chi connectivity index (χ0n) is 6.24. The van der Waals surface area contributed by atoms with E-state index < -0.39 is 11.9 Å². The van der Waals surface area contributed by atoms with Gasteiger partial charge in [0.05, 0.1) is 11.0 Å². The van der Waals surface area contributed by atoms with Gasteiger partial charge < -0.3 is 10.8 Å². The van der Waals surface area contributed by atoms with Gasteiger partial charge in [0.15, 0.2) is 0 Å². The van der Waals surface area contributed by atoms with Crippen LogP contribution in [0.25, 0.3) is 0 Å². The Balaban J connectivity index is 3.70. The Bertz CT molecular complexity index is 160. The molecule has 0 heterocycles. The average Bonchev–Trinajstić information content (AvgIpc) is 1.87. The van der Waals surface area contributed by atoms with E-state index in [1.807, 2.05) is 0 Å². The lowest BCUT2D eigenvalue weighted by Gasteiger charge is -2.07. The largest absolute Gasteiger partial charge is 0.481 e. The van der Waals surface area contributed by atoms with E-state index in [-0.39, 0.29) is 11.0 Å². The molecule has 5 heteroatoms. The monoisotopic (exact) mass is 177 g/mol. The van der Waals surface area contributed by atoms with Gasteiger partial charge >= 0.3 is 5.97 Å². The molecule has 11 heavy (non-hydrogen) atoms. The molecule has 1 atom stereocenters. The van der Waals surface area contributed by atoms with Gasteiger partial charge in [0, 0.05) is 0 Å². The number of hydrogen-bond acceptors (Lipinski definition) is 3. The van der Waals surface area contributed by atoms with Gasteiger partial charge in [0.25, 0.3) is 0 Å². The first kappa shape index (κ1) is 10.3. The standard InChI is InChI=1S/C6H11NO3S/c1-2-4(6(7)10)11-3-5(8)9/h4H,2-3H2,1H3,(H2,7,10)(H,8,9). The fraction of sp³-hybridized carbons (Fsp3) is 0.667. The van der Waals surface area contributed by atoms with Gasteiger partial charge in [-0.2, -0.15) is 0 Å². The van der Waals surface area contributed by atoms with E-state index in [0.717, 1.165) is 11.8 Å². The summed E-state index contributed by atoms with van der Waals surface area (Å²) in [6.07, 6.45) is 0.577. The number of nitrogens with two attached hydrogens (primary N) is 1. The molecule has 0 aliphatic heterocycles. The van der Waals surface area contributed by atoms with Gasteiger partial charge in [-0.15, -0.1) is 11.8 Å². The minimum atomic E-state index is -0.922. The minimum absolute atomic E-state index is 0.0680. The van der Waals surface area contributed by atoms with Gasteiger partial charge in [-0.1, -0.05) is 6.92 Å². The van der Waals surface area contributed by atoms with Gasteiger partial charge in [0.2, 0.25) is 5.91 Å². The number of primary amides is 1. The van der Waals surface area contributed by atoms with E-state index in [1.165, 1.54) is 0 Å². The summed E-state index contributed by atoms with van der Waals surface area (Å²) in [6, 6.07) is 0. The molecule has 0 saturated heterocycles. The smallest absolute Gasteiger partial charge is 0.313 e. The summed E-state index contributed by atoms with van der Waals surface area (Å²) in [7, 11) is 0. The zero-order chi connectivity index (χ0) is 8.85. The summed E-state index contributed by atoms with van der Waals surface area (Å²) >= 11 is 1.06. The molecule has 1 amide bonds. The van der Waals surface area contributed by atoms with Crippen molar-refractivity contribution in [3.8, 4) is 0 Å². The normalized spacial score (nSPS) is 12.5. The fourth-order valence-corrected chi connectivity index (χ4v) is 1.32. The molecule has 0 aliphatic rings. The highest BCUT2D eigenvalue weighted by Crippen LogP contribution is 2.12. The van der Waals surface area contributed by atoms with E-state index >= 15 is 0 Å². The van der Waals surface area contributed by atoms with E-state index in [0.29, 0.717) is 6.42 Å². The molecule has 1 unspecified atom stereocenters. The predicted molar refractivity (Wildman–Crippen MR) is 43.4 cm³/mol. The highest BCUT2D eigenvalue weighted by molar-refractivity contribution is 8.01. The van der Waals surface area contributed by atoms with Gasteiger partial charge in [-0.05, 0) is 6.42 Å². The van der Waals surface area contributed by atoms with Crippen LogP contribution in [0, 0.1) is 0 Å². The number of aliphatic carboxylic acids is 1. The lowest BCUT2D eigenvalue weighted by Crippen LogP contribution is -2.26. The van der Waals surface area contributed by atoms with Crippen molar-refractivity contribution < 1.29 is 14.7 Å². The van der Waals surface area contributed by atoms with Crippen molar-refractivity contribution in [2.24, 2.45) is 5.73 Å². The quantitative estimate of drug-likeness (QED) is 0.622. The van der Waals surface area contributed by atoms with Crippen LogP contribution in [-0.4, -0.2) is 28.0 Å². The average molecular weight is 177 g/mol. The Morgan fingerprint density at radius 2 is 2.18 bits per heavy atom. The summed E-state index contributed by atoms with van der Waals surface area (Å²) in [5, 5.41) is 7.90. The number of carbonyl (C=O) groups is 2. The van der Waals surface area contributed by atoms with Crippen LogP contribution < -0.4 is 5.73 Å². The van der Waals surface area contributed by atoms with Crippen molar-refractivity contribution in [1.82, 2.24) is 0 Å². The Labute approximate surface area is 69.1 Å². The fourth-order valence-electron chi connectivity index (χ4n) is 0.573. The summed E-state index contributed by atoms with van der Waals surface area (Å²) in [6.45, 7) is 1.80. The molecule has 0 rings (SSSR count). The molecular weight excluding hydrogens is 166 g/mol. The molecule has 0 aromatic carbocycles. The van der Waals surface area contributed by atoms with Crippen molar-refractivity contribution >= 4 is 23.6 Å². The Kier molecular flexibility index (Phi) is 4.69. The van der Waals surface area contributed by atoms with E-state index in [1.54, 1.807) is 6.92 Å². The summed E-state index contributed by atoms with van der Waals surface area (Å²) in [5.74, 6) is -1.44. The molecule has 64 valence electrons. The zero-order valence-corrected chi connectivity index (χ0v) is 7.06. The number of carboxylic acids is 1. The van der Waals surface area contributed by atoms with Crippen molar-refractivity contribution in [2.45, 2.75) is 18.6 Å². The predicted octanol–water partition coefficient (Wildman–Crippen LogP) is 0.0681. The van der Waals surface area contributed by atoms with Crippen molar-refractivity contribution in [2.75, 3.05) is 5.75 Å². The van der Waals surface area contributed by atoms with Crippen LogP contribution >= 0.6 is 11.8 Å². The topological polar surface area (TPSA) is 80.4 Å². The lowest BCUT2D eigenvalue weighted by atomic mass is 10.3. The Hall–Kier alpha value is -0.710. The lowest BCUT2D eigenvalue weighted by molar-refractivity contribution is -0.133. The first-order valence-electron chi connectivity index (χ1n) is 3.20. The number of rotatable bonds is 5. The van der Waals surface area contributed by atoms with Crippen LogP contribution in [0.2, 0.25) is 0 Å². The highest BCUT2D eigenvalue weighted by Gasteiger charge is 2.14. The Morgan fingerprint density at radius 1 is 1.64 bits per heavy atom. The van der Waals surface area contributed by atoms with Gasteiger partial charge in [-0.25, -0.2) is 0 Å². The maximum atomic E-state index is 10.6. The van der Waals surface area contributed by atoms with Crippen molar-refractivity contribution in [1.29, 1.82) is 0 Å². The summed E-state index contributed by atoms with van der Waals surface area (Å²) in [4.78, 5) is 20.6. The number of thioether (sulfide) groups is 1. The molecule has 0 spiro atoms. The number of carbonyl (C=O) groups excluding carboxylic acids is 1. The van der Waals surface area contributed by atoms with Gasteiger partial charge in [0.1, 0.15) is 0 Å². The minimum Gasteiger partial charge on any atom is -0.481 e. The summed E-state index contributed by atoms with van der Waals surface area (Å²) in [5.41, 5.74) is 4.98. The first-order valence-corrected chi connectivity index (χ1v) is 4.25. The SMILES string of the molecule is CCC(SCC(=O)O)C(N)=O. The van der Waals surface area contributed by atoms with Gasteiger partial charge in [-0.3, -0.25) is 9.59 Å². The third kappa shape index (κ3) is 4.66. The molecule has 0 aliphatic carbocycles. The van der Waals surface area contributed by atoms with Crippen LogP contribution in [0.5, 0.6) is 0 Å². The third-order valence-corrected chi connectivity index (χ3v) is 2.48. The second-order valence-corrected chi connectivity index (χ2v) is 3.20. The highest BCUT2D eigenvalue weighted by atomic mass is 32.2. The van der Waals surface area contributed by atoms with Crippen molar-refractivity contribution in [3.05, 3.63) is 0 Å². The molecule has 0 aromatic rings. The van der Waals surface area contributed by atoms with E-state index in [2.05, 4.69) is 0 Å². The van der Waals surface area contributed by atoms with Crippen LogP contribution in [0.15, 0.2) is 0 Å². The number of hydrogen-bond donors (Lipinski definition) is 2. The molecule has 0 fully saturated rings. The second kappa shape index (κ2) is 5.01. The molecule has 0 aromatic heterocycles. The molecule has 0 saturated carbocycles. The van der Waals surface area contributed by atoms with Crippen LogP contribution in [-0.2, 0) is 9.59 Å². The number of carboxylic acid groups (broad SMARTS) is 1. The van der Waals surface area contributed by atoms with Crippen LogP contribution in [0.3, 0.4) is 0 Å². The molecule has 3 N–H and O–H groups in total. The molecule has 0 radical (unpaired) electrons. The van der Waals surface area contributed by atoms with E-state index in [9.17, 15) is 9.59 Å². The third-order valence-electron chi connectivity index (χ3n) is 1.10. The maximum Gasteiger partial charge on any atom is 0.313 e. The molecule has 4 nitrogen and oxygen atoms in total. The van der Waals surface area contributed by atoms with Crippen LogP contribution in [0.4, 0.5) is 0 Å².